The molecule has 0 aliphatic heterocycles. The minimum absolute atomic E-state index is 0.283. The number of pyridine rings is 1. The summed E-state index contributed by atoms with van der Waals surface area (Å²) in [5.74, 6) is -1.20. The Morgan fingerprint density at radius 3 is 2.91 bits per heavy atom. The van der Waals surface area contributed by atoms with Gasteiger partial charge in [0.2, 0.25) is 0 Å². The second-order valence-corrected chi connectivity index (χ2v) is 4.79. The van der Waals surface area contributed by atoms with Crippen LogP contribution in [0.4, 0.5) is 0 Å². The van der Waals surface area contributed by atoms with E-state index < -0.39 is 5.92 Å². The fraction of sp³-hybridized carbons (Fsp3) is 0.188. The zero-order valence-corrected chi connectivity index (χ0v) is 12.0. The Labute approximate surface area is 127 Å². The van der Waals surface area contributed by atoms with Gasteiger partial charge in [0.05, 0.1) is 17.3 Å². The van der Waals surface area contributed by atoms with Crippen molar-refractivity contribution in [1.82, 2.24) is 20.0 Å². The number of carbonyl (C=O) groups is 1. The number of carbonyl (C=O) groups excluding carboxylic acids is 1. The van der Waals surface area contributed by atoms with E-state index in [-0.39, 0.29) is 5.78 Å². The van der Waals surface area contributed by atoms with Crippen LogP contribution in [0.2, 0.25) is 0 Å². The molecule has 0 saturated heterocycles. The molecule has 0 unspecified atom stereocenters. The van der Waals surface area contributed by atoms with Gasteiger partial charge in [-0.15, -0.1) is 5.10 Å². The zero-order valence-electron chi connectivity index (χ0n) is 12.0. The molecule has 0 aliphatic rings. The Kier molecular flexibility index (Phi) is 3.62. The van der Waals surface area contributed by atoms with E-state index in [0.29, 0.717) is 23.3 Å². The van der Waals surface area contributed by atoms with Crippen LogP contribution in [0.15, 0.2) is 42.6 Å². The number of hydrogen-bond donors (Lipinski definition) is 0. The van der Waals surface area contributed by atoms with Crippen molar-refractivity contribution in [3.63, 3.8) is 0 Å². The van der Waals surface area contributed by atoms with Crippen LogP contribution in [0, 0.1) is 11.3 Å². The molecular weight excluding hydrogens is 278 g/mol. The number of fused-ring (bicyclic) bond motifs is 1. The first kappa shape index (κ1) is 13.9. The molecule has 3 aromatic rings. The SMILES string of the molecule is CCn1nnc2cc(C(=O)[C@H](C#N)c3ccccn3)ccc21. The number of ketones is 1. The quantitative estimate of drug-likeness (QED) is 0.689. The highest BCUT2D eigenvalue weighted by atomic mass is 16.1. The van der Waals surface area contributed by atoms with Crippen molar-refractivity contribution >= 4 is 16.8 Å². The Morgan fingerprint density at radius 2 is 2.23 bits per heavy atom. The molecule has 2 heterocycles. The van der Waals surface area contributed by atoms with E-state index in [0.717, 1.165) is 5.52 Å². The third-order valence-electron chi connectivity index (χ3n) is 3.47. The molecular formula is C16H13N5O. The van der Waals surface area contributed by atoms with Crippen LogP contribution in [-0.2, 0) is 6.54 Å². The van der Waals surface area contributed by atoms with E-state index in [1.807, 2.05) is 13.0 Å². The number of nitriles is 1. The van der Waals surface area contributed by atoms with Crippen LogP contribution in [-0.4, -0.2) is 25.8 Å². The minimum Gasteiger partial charge on any atom is -0.292 e. The third-order valence-corrected chi connectivity index (χ3v) is 3.47. The fourth-order valence-electron chi connectivity index (χ4n) is 2.33. The lowest BCUT2D eigenvalue weighted by Gasteiger charge is -2.07. The molecule has 0 aliphatic carbocycles. The maximum absolute atomic E-state index is 12.6. The Bertz CT molecular complexity index is 863. The van der Waals surface area contributed by atoms with Gasteiger partial charge >= 0.3 is 0 Å². The Morgan fingerprint density at radius 1 is 1.36 bits per heavy atom. The van der Waals surface area contributed by atoms with Crippen molar-refractivity contribution in [2.24, 2.45) is 0 Å². The Balaban J connectivity index is 1.99. The number of hydrogen-bond acceptors (Lipinski definition) is 5. The number of aryl methyl sites for hydroxylation is 1. The first-order valence-electron chi connectivity index (χ1n) is 6.92. The van der Waals surface area contributed by atoms with Gasteiger partial charge < -0.3 is 0 Å². The Hall–Kier alpha value is -3.07. The summed E-state index contributed by atoms with van der Waals surface area (Å²) in [6, 6.07) is 12.4. The highest BCUT2D eigenvalue weighted by Gasteiger charge is 2.23. The van der Waals surface area contributed by atoms with Crippen molar-refractivity contribution in [2.45, 2.75) is 19.4 Å². The van der Waals surface area contributed by atoms with Gasteiger partial charge in [-0.3, -0.25) is 9.78 Å². The predicted octanol–water partition coefficient (Wildman–Crippen LogP) is 2.34. The van der Waals surface area contributed by atoms with E-state index in [4.69, 9.17) is 0 Å². The van der Waals surface area contributed by atoms with Crippen molar-refractivity contribution in [2.75, 3.05) is 0 Å². The van der Waals surface area contributed by atoms with Crippen LogP contribution in [0.25, 0.3) is 11.0 Å². The molecule has 108 valence electrons. The van der Waals surface area contributed by atoms with Crippen LogP contribution < -0.4 is 0 Å². The molecule has 0 radical (unpaired) electrons. The number of benzene rings is 1. The minimum atomic E-state index is -0.917. The summed E-state index contributed by atoms with van der Waals surface area (Å²) in [6.45, 7) is 2.68. The molecule has 0 bridgehead atoms. The average molecular weight is 291 g/mol. The molecule has 0 fully saturated rings. The van der Waals surface area contributed by atoms with E-state index in [1.165, 1.54) is 0 Å². The lowest BCUT2D eigenvalue weighted by atomic mass is 9.95. The highest BCUT2D eigenvalue weighted by Crippen LogP contribution is 2.21. The van der Waals surface area contributed by atoms with Crippen LogP contribution >= 0.6 is 0 Å². The molecule has 0 amide bonds. The first-order chi connectivity index (χ1) is 10.7. The van der Waals surface area contributed by atoms with E-state index in [2.05, 4.69) is 15.3 Å². The van der Waals surface area contributed by atoms with Gasteiger partial charge in [-0.25, -0.2) is 4.68 Å². The number of aromatic nitrogens is 4. The summed E-state index contributed by atoms with van der Waals surface area (Å²) >= 11 is 0. The summed E-state index contributed by atoms with van der Waals surface area (Å²) < 4.78 is 1.75. The van der Waals surface area contributed by atoms with Gasteiger partial charge in [0.15, 0.2) is 11.7 Å². The first-order valence-corrected chi connectivity index (χ1v) is 6.92. The molecule has 6 heteroatoms. The van der Waals surface area contributed by atoms with Crippen molar-refractivity contribution in [1.29, 1.82) is 5.26 Å². The molecule has 0 spiro atoms. The third kappa shape index (κ3) is 2.33. The largest absolute Gasteiger partial charge is 0.292 e. The van der Waals surface area contributed by atoms with Gasteiger partial charge in [0.25, 0.3) is 0 Å². The van der Waals surface area contributed by atoms with E-state index >= 15 is 0 Å². The summed E-state index contributed by atoms with van der Waals surface area (Å²) in [6.07, 6.45) is 1.57. The topological polar surface area (TPSA) is 84.5 Å². The molecule has 0 saturated carbocycles. The van der Waals surface area contributed by atoms with Crippen molar-refractivity contribution in [3.8, 4) is 6.07 Å². The molecule has 3 rings (SSSR count). The van der Waals surface area contributed by atoms with Gasteiger partial charge in [0.1, 0.15) is 5.52 Å². The lowest BCUT2D eigenvalue weighted by Crippen LogP contribution is -2.12. The standard InChI is InChI=1S/C16H13N5O/c1-2-21-15-7-6-11(9-14(15)19-20-21)16(22)12(10-17)13-5-3-4-8-18-13/h3-9,12H,2H2,1H3/t12-/m1/s1. The summed E-state index contributed by atoms with van der Waals surface area (Å²) in [5, 5.41) is 17.4. The van der Waals surface area contributed by atoms with Gasteiger partial charge in [0, 0.05) is 18.3 Å². The predicted molar refractivity (Wildman–Crippen MR) is 80.1 cm³/mol. The smallest absolute Gasteiger partial charge is 0.186 e. The van der Waals surface area contributed by atoms with Gasteiger partial charge in [-0.05, 0) is 37.3 Å². The molecule has 2 aromatic heterocycles. The summed E-state index contributed by atoms with van der Waals surface area (Å²) in [4.78, 5) is 16.7. The summed E-state index contributed by atoms with van der Waals surface area (Å²) in [5.41, 5.74) is 2.40. The van der Waals surface area contributed by atoms with Gasteiger partial charge in [-0.1, -0.05) is 11.3 Å². The second kappa shape index (κ2) is 5.74. The molecule has 0 N–H and O–H groups in total. The molecule has 1 atom stereocenters. The number of Topliss-reactive ketones (excluding diaryl/α,β-unsaturated/α-hetero) is 1. The maximum Gasteiger partial charge on any atom is 0.186 e. The monoisotopic (exact) mass is 291 g/mol. The molecule has 6 nitrogen and oxygen atoms in total. The normalized spacial score (nSPS) is 12.0. The van der Waals surface area contributed by atoms with Crippen molar-refractivity contribution < 1.29 is 4.79 Å². The van der Waals surface area contributed by atoms with Gasteiger partial charge in [-0.2, -0.15) is 5.26 Å². The van der Waals surface area contributed by atoms with Crippen LogP contribution in [0.1, 0.15) is 28.9 Å². The molecule has 1 aromatic carbocycles. The fourth-order valence-corrected chi connectivity index (χ4v) is 2.33. The summed E-state index contributed by atoms with van der Waals surface area (Å²) in [7, 11) is 0. The highest BCUT2D eigenvalue weighted by molar-refractivity contribution is 6.04. The lowest BCUT2D eigenvalue weighted by molar-refractivity contribution is 0.0977. The van der Waals surface area contributed by atoms with E-state index in [9.17, 15) is 10.1 Å². The number of nitrogens with zero attached hydrogens (tertiary/aromatic N) is 5. The maximum atomic E-state index is 12.6. The zero-order chi connectivity index (χ0) is 15.5. The average Bonchev–Trinajstić information content (AvgIpc) is 2.98. The molecule has 22 heavy (non-hydrogen) atoms. The van der Waals surface area contributed by atoms with Crippen LogP contribution in [0.5, 0.6) is 0 Å². The van der Waals surface area contributed by atoms with Crippen LogP contribution in [0.3, 0.4) is 0 Å². The van der Waals surface area contributed by atoms with E-state index in [1.54, 1.807) is 47.3 Å². The van der Waals surface area contributed by atoms with Crippen molar-refractivity contribution in [3.05, 3.63) is 53.9 Å². The number of rotatable bonds is 4. The second-order valence-electron chi connectivity index (χ2n) is 4.79.